The molecule has 0 saturated carbocycles. The molecular weight excluding hydrogens is 398 g/mol. The van der Waals surface area contributed by atoms with E-state index in [1.807, 2.05) is 51.1 Å². The maximum Gasteiger partial charge on any atom is 0.242 e. The van der Waals surface area contributed by atoms with E-state index in [9.17, 15) is 9.59 Å². The molecule has 2 aromatic rings. The molecule has 0 aromatic heterocycles. The van der Waals surface area contributed by atoms with E-state index in [1.165, 1.54) is 11.8 Å². The molecule has 1 atom stereocenters. The van der Waals surface area contributed by atoms with Gasteiger partial charge in [0.15, 0.2) is 5.17 Å². The first-order valence-electron chi connectivity index (χ1n) is 10.0. The van der Waals surface area contributed by atoms with E-state index in [0.717, 1.165) is 23.2 Å². The maximum absolute atomic E-state index is 13.0. The van der Waals surface area contributed by atoms with Crippen molar-refractivity contribution < 1.29 is 14.3 Å². The molecule has 30 heavy (non-hydrogen) atoms. The molecule has 0 radical (unpaired) electrons. The van der Waals surface area contributed by atoms with Gasteiger partial charge in [-0.1, -0.05) is 49.0 Å². The number of nitrogens with zero attached hydrogens (tertiary/aromatic N) is 2. The maximum atomic E-state index is 13.0. The standard InChI is InChI=1S/C23H27N3O3S/c1-5-13-26-22(28)19(14-20(27)24-17-11-6-7-12-18(17)29-4)30-23(26)25-21-15(2)9-8-10-16(21)3/h6-12,19H,5,13-14H2,1-4H3,(H,24,27)/t19-/m0/s1. The SMILES string of the molecule is CCCN1C(=O)[C@H](CC(=O)Nc2ccccc2OC)SC1=Nc1c(C)cccc1C. The summed E-state index contributed by atoms with van der Waals surface area (Å²) in [7, 11) is 1.56. The number of methoxy groups -OCH3 is 1. The third kappa shape index (κ3) is 4.84. The second-order valence-corrected chi connectivity index (χ2v) is 8.35. The van der Waals surface area contributed by atoms with Gasteiger partial charge in [-0.2, -0.15) is 0 Å². The number of amidine groups is 1. The molecule has 7 heteroatoms. The van der Waals surface area contributed by atoms with Crippen LogP contribution in [0.3, 0.4) is 0 Å². The highest BCUT2D eigenvalue weighted by molar-refractivity contribution is 8.15. The topological polar surface area (TPSA) is 71.0 Å². The van der Waals surface area contributed by atoms with Gasteiger partial charge in [0.2, 0.25) is 11.8 Å². The lowest BCUT2D eigenvalue weighted by Crippen LogP contribution is -2.34. The van der Waals surface area contributed by atoms with Crippen LogP contribution < -0.4 is 10.1 Å². The largest absolute Gasteiger partial charge is 0.495 e. The van der Waals surface area contributed by atoms with E-state index in [2.05, 4.69) is 5.32 Å². The summed E-state index contributed by atoms with van der Waals surface area (Å²) in [5, 5.41) is 3.02. The molecule has 2 aromatic carbocycles. The summed E-state index contributed by atoms with van der Waals surface area (Å²) in [5.41, 5.74) is 3.59. The molecule has 1 N–H and O–H groups in total. The third-order valence-corrected chi connectivity index (χ3v) is 6.04. The summed E-state index contributed by atoms with van der Waals surface area (Å²) in [6, 6.07) is 13.2. The minimum Gasteiger partial charge on any atom is -0.495 e. The smallest absolute Gasteiger partial charge is 0.242 e. The van der Waals surface area contributed by atoms with Crippen LogP contribution in [-0.2, 0) is 9.59 Å². The predicted octanol–water partition coefficient (Wildman–Crippen LogP) is 4.68. The molecule has 0 spiro atoms. The molecule has 1 aliphatic rings. The molecule has 6 nitrogen and oxygen atoms in total. The zero-order valence-corrected chi connectivity index (χ0v) is 18.6. The molecule has 1 aliphatic heterocycles. The van der Waals surface area contributed by atoms with Crippen LogP contribution in [0, 0.1) is 13.8 Å². The fourth-order valence-corrected chi connectivity index (χ4v) is 4.52. The second kappa shape index (κ2) is 9.80. The molecule has 1 fully saturated rings. The van der Waals surface area contributed by atoms with Gasteiger partial charge in [0.05, 0.1) is 18.5 Å². The normalized spacial score (nSPS) is 17.5. The zero-order valence-electron chi connectivity index (χ0n) is 17.8. The van der Waals surface area contributed by atoms with Crippen molar-refractivity contribution in [1.29, 1.82) is 0 Å². The summed E-state index contributed by atoms with van der Waals surface area (Å²) in [6.07, 6.45) is 0.895. The van der Waals surface area contributed by atoms with E-state index in [0.29, 0.717) is 23.1 Å². The molecular formula is C23H27N3O3S. The Morgan fingerprint density at radius 2 is 1.87 bits per heavy atom. The minimum atomic E-state index is -0.491. The number of amides is 2. The van der Waals surface area contributed by atoms with Crippen LogP contribution in [-0.4, -0.2) is 40.8 Å². The molecule has 158 valence electrons. The Bertz CT molecular complexity index is 954. The lowest BCUT2D eigenvalue weighted by Gasteiger charge is -2.16. The Hall–Kier alpha value is -2.80. The van der Waals surface area contributed by atoms with Crippen molar-refractivity contribution in [3.63, 3.8) is 0 Å². The number of aliphatic imine (C=N–C) groups is 1. The summed E-state index contributed by atoms with van der Waals surface area (Å²) in [5.74, 6) is 0.290. The lowest BCUT2D eigenvalue weighted by molar-refractivity contribution is -0.128. The van der Waals surface area contributed by atoms with Gasteiger partial charge in [0.25, 0.3) is 0 Å². The number of thioether (sulfide) groups is 1. The van der Waals surface area contributed by atoms with E-state index in [4.69, 9.17) is 9.73 Å². The van der Waals surface area contributed by atoms with Crippen molar-refractivity contribution in [2.45, 2.75) is 38.9 Å². The van der Waals surface area contributed by atoms with E-state index < -0.39 is 5.25 Å². The van der Waals surface area contributed by atoms with Gasteiger partial charge in [-0.05, 0) is 43.5 Å². The Kier molecular flexibility index (Phi) is 7.15. The number of para-hydroxylation sites is 3. The van der Waals surface area contributed by atoms with Crippen molar-refractivity contribution in [2.75, 3.05) is 19.0 Å². The van der Waals surface area contributed by atoms with Crippen LogP contribution in [0.2, 0.25) is 0 Å². The van der Waals surface area contributed by atoms with Crippen molar-refractivity contribution >= 4 is 40.1 Å². The summed E-state index contributed by atoms with van der Waals surface area (Å²) in [6.45, 7) is 6.63. The Morgan fingerprint density at radius 3 is 2.53 bits per heavy atom. The fraction of sp³-hybridized carbons (Fsp3) is 0.348. The summed E-state index contributed by atoms with van der Waals surface area (Å²) in [4.78, 5) is 32.1. The lowest BCUT2D eigenvalue weighted by atomic mass is 10.1. The molecule has 0 bridgehead atoms. The van der Waals surface area contributed by atoms with Gasteiger partial charge >= 0.3 is 0 Å². The molecule has 0 unspecified atom stereocenters. The van der Waals surface area contributed by atoms with Gasteiger partial charge in [-0.25, -0.2) is 4.99 Å². The quantitative estimate of drug-likeness (QED) is 0.699. The highest BCUT2D eigenvalue weighted by Gasteiger charge is 2.38. The predicted molar refractivity (Wildman–Crippen MR) is 123 cm³/mol. The minimum absolute atomic E-state index is 0.0676. The van der Waals surface area contributed by atoms with E-state index in [-0.39, 0.29) is 18.2 Å². The molecule has 3 rings (SSSR count). The number of nitrogens with one attached hydrogen (secondary N) is 1. The van der Waals surface area contributed by atoms with Crippen molar-refractivity contribution in [2.24, 2.45) is 4.99 Å². The van der Waals surface area contributed by atoms with Crippen LogP contribution in [0.1, 0.15) is 30.9 Å². The molecule has 1 heterocycles. The highest BCUT2D eigenvalue weighted by atomic mass is 32.2. The number of ether oxygens (including phenoxy) is 1. The first kappa shape index (κ1) is 21.9. The summed E-state index contributed by atoms with van der Waals surface area (Å²) >= 11 is 1.36. The van der Waals surface area contributed by atoms with Gasteiger partial charge in [-0.15, -0.1) is 0 Å². The molecule has 1 saturated heterocycles. The molecule has 2 amide bonds. The van der Waals surface area contributed by atoms with E-state index >= 15 is 0 Å². The average molecular weight is 426 g/mol. The van der Waals surface area contributed by atoms with Crippen LogP contribution in [0.4, 0.5) is 11.4 Å². The number of anilines is 1. The number of hydrogen-bond donors (Lipinski definition) is 1. The van der Waals surface area contributed by atoms with Crippen LogP contribution >= 0.6 is 11.8 Å². The second-order valence-electron chi connectivity index (χ2n) is 7.18. The highest BCUT2D eigenvalue weighted by Crippen LogP contribution is 2.34. The van der Waals surface area contributed by atoms with Gasteiger partial charge in [-0.3, -0.25) is 14.5 Å². The number of rotatable bonds is 7. The fourth-order valence-electron chi connectivity index (χ4n) is 3.35. The van der Waals surface area contributed by atoms with Gasteiger partial charge < -0.3 is 10.1 Å². The first-order valence-corrected chi connectivity index (χ1v) is 10.9. The number of hydrogen-bond acceptors (Lipinski definition) is 5. The van der Waals surface area contributed by atoms with Crippen molar-refractivity contribution in [1.82, 2.24) is 4.90 Å². The van der Waals surface area contributed by atoms with Crippen LogP contribution in [0.15, 0.2) is 47.5 Å². The number of carbonyl (C=O) groups excluding carboxylic acids is 2. The third-order valence-electron chi connectivity index (χ3n) is 4.87. The first-order chi connectivity index (χ1) is 14.4. The number of aryl methyl sites for hydroxylation is 2. The Morgan fingerprint density at radius 1 is 1.17 bits per heavy atom. The van der Waals surface area contributed by atoms with Crippen molar-refractivity contribution in [3.8, 4) is 5.75 Å². The van der Waals surface area contributed by atoms with Crippen molar-refractivity contribution in [3.05, 3.63) is 53.6 Å². The number of benzene rings is 2. The number of carbonyl (C=O) groups is 2. The van der Waals surface area contributed by atoms with Gasteiger partial charge in [0.1, 0.15) is 11.0 Å². The van der Waals surface area contributed by atoms with E-state index in [1.54, 1.807) is 24.1 Å². The summed E-state index contributed by atoms with van der Waals surface area (Å²) < 4.78 is 5.28. The molecule has 0 aliphatic carbocycles. The Labute approximate surface area is 181 Å². The average Bonchev–Trinajstić information content (AvgIpc) is 3.00. The van der Waals surface area contributed by atoms with Gasteiger partial charge in [0, 0.05) is 13.0 Å². The zero-order chi connectivity index (χ0) is 21.7. The van der Waals surface area contributed by atoms with Crippen LogP contribution in [0.25, 0.3) is 0 Å². The monoisotopic (exact) mass is 425 g/mol. The Balaban J connectivity index is 1.79. The van der Waals surface area contributed by atoms with Crippen LogP contribution in [0.5, 0.6) is 5.75 Å².